The van der Waals surface area contributed by atoms with Crippen LogP contribution in [0.4, 0.5) is 0 Å². The van der Waals surface area contributed by atoms with Gasteiger partial charge in [-0.15, -0.1) is 11.8 Å². The predicted octanol–water partition coefficient (Wildman–Crippen LogP) is 27.7. The van der Waals surface area contributed by atoms with E-state index in [9.17, 15) is 0 Å². The van der Waals surface area contributed by atoms with E-state index in [-0.39, 0.29) is 40.6 Å². The summed E-state index contributed by atoms with van der Waals surface area (Å²) in [5.74, 6) is 0.949. The third-order valence-corrected chi connectivity index (χ3v) is 21.8. The molecule has 570 valence electrons. The largest absolute Gasteiger partial charge is 0.493 e. The average molecular weight is 1410 g/mol. The van der Waals surface area contributed by atoms with Crippen LogP contribution >= 0.6 is 11.8 Å². The van der Waals surface area contributed by atoms with Crippen LogP contribution in [-0.4, -0.2) is 55.5 Å². The van der Waals surface area contributed by atoms with Crippen LogP contribution in [0, 0.1) is 134 Å². The van der Waals surface area contributed by atoms with E-state index in [4.69, 9.17) is 9.72 Å². The topological polar surface area (TPSA) is 63.5 Å². The number of rotatable bonds is 0. The van der Waals surface area contributed by atoms with E-state index >= 15 is 0 Å². The number of hydrogen-bond donors (Lipinski definition) is 0. The Bertz CT molecular complexity index is 3350. The Morgan fingerprint density at radius 1 is 0.416 bits per heavy atom. The molecule has 4 aliphatic heterocycles. The first-order valence-corrected chi connectivity index (χ1v) is 38.9. The second kappa shape index (κ2) is 41.5. The van der Waals surface area contributed by atoms with Crippen molar-refractivity contribution in [2.45, 2.75) is 368 Å². The lowest BCUT2D eigenvalue weighted by Gasteiger charge is -2.38. The summed E-state index contributed by atoms with van der Waals surface area (Å²) in [6.45, 7) is 91.2. The molecule has 6 nitrogen and oxygen atoms in total. The van der Waals surface area contributed by atoms with Gasteiger partial charge >= 0.3 is 0 Å². The first-order chi connectivity index (χ1) is 45.5. The molecule has 0 amide bonds. The zero-order valence-corrected chi connectivity index (χ0v) is 73.4. The van der Waals surface area contributed by atoms with Crippen LogP contribution in [0.25, 0.3) is 0 Å². The van der Waals surface area contributed by atoms with Crippen LogP contribution in [0.15, 0.2) is 77.5 Å². The Balaban J connectivity index is 0.00000112. The van der Waals surface area contributed by atoms with Crippen molar-refractivity contribution in [3.8, 4) is 0 Å². The summed E-state index contributed by atoms with van der Waals surface area (Å²) in [4.78, 5) is 20.4. The number of thioether (sulfide) groups is 1. The van der Waals surface area contributed by atoms with Gasteiger partial charge in [0.25, 0.3) is 0 Å². The number of aryl methyl sites for hydroxylation is 5. The third-order valence-electron chi connectivity index (χ3n) is 20.4. The summed E-state index contributed by atoms with van der Waals surface area (Å²) in [5, 5.41) is 2.81. The number of benzene rings is 1. The number of allylic oxidation sites excluding steroid dienone is 7. The summed E-state index contributed by atoms with van der Waals surface area (Å²) < 4.78 is 5.38. The molecule has 1 saturated heterocycles. The molecule has 0 N–H and O–H groups in total. The number of aromatic nitrogens is 3. The predicted molar refractivity (Wildman–Crippen MR) is 457 cm³/mol. The summed E-state index contributed by atoms with van der Waals surface area (Å²) in [6.07, 6.45) is 32.2. The molecule has 0 radical (unpaired) electrons. The van der Waals surface area contributed by atoms with Crippen LogP contribution in [0.5, 0.6) is 0 Å². The minimum Gasteiger partial charge on any atom is -0.493 e. The monoisotopic (exact) mass is 1400 g/mol. The molecule has 1 aromatic carbocycles. The van der Waals surface area contributed by atoms with Gasteiger partial charge in [-0.2, -0.15) is 0 Å². The van der Waals surface area contributed by atoms with Gasteiger partial charge in [-0.25, -0.2) is 0 Å². The Hall–Kier alpha value is -5.11. The average Bonchev–Trinajstić information content (AvgIpc) is 1.01. The number of hydrogen-bond acceptors (Lipinski definition) is 7. The lowest BCUT2D eigenvalue weighted by atomic mass is 9.77. The molecule has 3 aromatic heterocycles. The third kappa shape index (κ3) is 32.0. The molecule has 3 atom stereocenters. The molecule has 0 saturated carbocycles. The molecule has 5 aliphatic rings. The minimum absolute atomic E-state index is 0. The molecule has 101 heavy (non-hydrogen) atoms. The van der Waals surface area contributed by atoms with Crippen LogP contribution in [-0.2, 0) is 26.4 Å². The van der Waals surface area contributed by atoms with Crippen LogP contribution in [0.2, 0.25) is 0 Å². The maximum Gasteiger partial charge on any atom is 0.121 e. The Kier molecular flexibility index (Phi) is 39.4. The molecule has 3 unspecified atom stereocenters. The maximum absolute atomic E-state index is 5.38. The van der Waals surface area contributed by atoms with Crippen molar-refractivity contribution in [3.63, 3.8) is 0 Å². The van der Waals surface area contributed by atoms with Gasteiger partial charge in [0.1, 0.15) is 6.10 Å². The molecule has 1 aliphatic carbocycles. The first kappa shape index (κ1) is 95.9. The summed E-state index contributed by atoms with van der Waals surface area (Å²) >= 11 is 1.90. The van der Waals surface area contributed by atoms with E-state index in [1.165, 1.54) is 152 Å². The van der Waals surface area contributed by atoms with Gasteiger partial charge < -0.3 is 4.74 Å². The SMILES string of the molecule is C.CC(C)(C)C1C=CC=CO1.CC(C)(C)C1C=CC=CS1.CC(C)(C)N1CCCCC1.CC1=NC=CC1.CC1CC=CCC1.Cc1c(C)c(C)c(C(C)(C)C)c(C)c1C.Cc1nc(C(C)(C)C)c(C)c(C)c1C.Cc1nc(C)c(C(C)(C)C)c(C)c1C.Cc1nc(C)c(C)c(C(C)(C)C)c1C. The van der Waals surface area contributed by atoms with E-state index in [0.717, 1.165) is 35.1 Å². The van der Waals surface area contributed by atoms with E-state index in [1.807, 2.05) is 37.0 Å². The molecule has 7 heteroatoms. The number of ether oxygens (including phenoxy) is 1. The quantitative estimate of drug-likeness (QED) is 0.164. The van der Waals surface area contributed by atoms with E-state index in [2.05, 4.69) is 338 Å². The number of piperidine rings is 1. The van der Waals surface area contributed by atoms with Crippen molar-refractivity contribution in [2.24, 2.45) is 21.7 Å². The standard InChI is InChI=1S/C15H24.3C13H21N.C9H19N.C9H14O.C9H14S.C7H12.C5H7N.CH4/c1-9-10(2)12(4)14(15(6,7)8)13(5)11(9)3;1-8-10(3)14-11(4)9(2)12(8)13(5,6)7;1-8-9(2)12(13(5,6)7)11(4)14-10(8)3;1-8-9(2)11(4)14-12(10(8)3)13(5,6)7;1-9(2,3)10-7-5-4-6-8-10;2*1-9(2,3)8-6-4-5-7-10-8;1-7-5-3-2-4-6-7;1-5-3-2-4-6-5;/h1-8H3;3*1-7H3;4-8H2,1-3H3;2*4-8H,1-3H3;2-3,7H,4-6H2,1H3;2,4H,3H2,1H3;1H4. The molecule has 4 aromatic rings. The van der Waals surface area contributed by atoms with Crippen molar-refractivity contribution in [1.29, 1.82) is 0 Å². The normalized spacial score (nSPS) is 17.2. The van der Waals surface area contributed by atoms with Gasteiger partial charge in [0.15, 0.2) is 0 Å². The lowest BCUT2D eigenvalue weighted by molar-refractivity contribution is 0.0823. The fourth-order valence-electron chi connectivity index (χ4n) is 13.6. The Morgan fingerprint density at radius 3 is 1.16 bits per heavy atom. The zero-order valence-electron chi connectivity index (χ0n) is 72.6. The number of nitrogens with zero attached hydrogens (tertiary/aromatic N) is 5. The van der Waals surface area contributed by atoms with Crippen LogP contribution < -0.4 is 0 Å². The summed E-state index contributed by atoms with van der Waals surface area (Å²) in [6, 6.07) is 0. The zero-order chi connectivity index (χ0) is 77.6. The number of pyridine rings is 3. The Morgan fingerprint density at radius 2 is 0.842 bits per heavy atom. The summed E-state index contributed by atoms with van der Waals surface area (Å²) in [7, 11) is 0. The van der Waals surface area contributed by atoms with Crippen molar-refractivity contribution in [1.82, 2.24) is 19.9 Å². The molecule has 1 fully saturated rings. The summed E-state index contributed by atoms with van der Waals surface area (Å²) in [5.41, 5.74) is 31.3. The van der Waals surface area contributed by atoms with Gasteiger partial charge in [-0.1, -0.05) is 188 Å². The first-order valence-electron chi connectivity index (χ1n) is 38.0. The van der Waals surface area contributed by atoms with E-state index in [1.54, 1.807) is 6.26 Å². The molecular formula is C94H157N5OS. The smallest absolute Gasteiger partial charge is 0.121 e. The molecule has 0 spiro atoms. The molecular weight excluding hydrogens is 1250 g/mol. The van der Waals surface area contributed by atoms with E-state index < -0.39 is 0 Å². The number of aliphatic imine (C=N–C) groups is 1. The molecule has 7 heterocycles. The second-order valence-corrected chi connectivity index (χ2v) is 37.6. The van der Waals surface area contributed by atoms with Crippen molar-refractivity contribution < 1.29 is 4.74 Å². The van der Waals surface area contributed by atoms with E-state index in [0.29, 0.717) is 16.2 Å². The maximum atomic E-state index is 5.38. The Labute approximate surface area is 631 Å². The van der Waals surface area contributed by atoms with Gasteiger partial charge in [-0.3, -0.25) is 24.8 Å². The highest BCUT2D eigenvalue weighted by atomic mass is 32.2. The van der Waals surface area contributed by atoms with Crippen LogP contribution in [0.3, 0.4) is 0 Å². The van der Waals surface area contributed by atoms with Crippen molar-refractivity contribution in [3.05, 3.63) is 190 Å². The highest BCUT2D eigenvalue weighted by Gasteiger charge is 2.28. The lowest BCUT2D eigenvalue weighted by Crippen LogP contribution is -2.44. The van der Waals surface area contributed by atoms with Crippen molar-refractivity contribution in [2.75, 3.05) is 13.1 Å². The van der Waals surface area contributed by atoms with Gasteiger partial charge in [-0.05, 0) is 319 Å². The molecule has 9 rings (SSSR count). The van der Waals surface area contributed by atoms with Gasteiger partial charge in [0.2, 0.25) is 0 Å². The minimum atomic E-state index is 0. The molecule has 0 bridgehead atoms. The van der Waals surface area contributed by atoms with Gasteiger partial charge in [0.05, 0.1) is 6.26 Å². The second-order valence-electron chi connectivity index (χ2n) is 36.6. The highest BCUT2D eigenvalue weighted by Crippen LogP contribution is 2.37. The van der Waals surface area contributed by atoms with Crippen molar-refractivity contribution >= 4 is 17.5 Å². The fourth-order valence-corrected chi connectivity index (χ4v) is 14.5. The van der Waals surface area contributed by atoms with Gasteiger partial charge in [0, 0.05) is 74.1 Å². The fraction of sp³-hybridized carbons (Fsp3) is 0.638. The number of likely N-dealkylation sites (tertiary alicyclic amines) is 1. The highest BCUT2D eigenvalue weighted by molar-refractivity contribution is 8.03. The van der Waals surface area contributed by atoms with Crippen LogP contribution in [0.1, 0.15) is 329 Å².